The van der Waals surface area contributed by atoms with E-state index >= 15 is 0 Å². The average molecular weight is 389 g/mol. The fourth-order valence-corrected chi connectivity index (χ4v) is 2.78. The minimum Gasteiger partial charge on any atom is -0.490 e. The third kappa shape index (κ3) is 4.73. The number of aromatic nitrogens is 1. The van der Waals surface area contributed by atoms with Gasteiger partial charge in [0.05, 0.1) is 0 Å². The van der Waals surface area contributed by atoms with E-state index in [1.54, 1.807) is 24.3 Å². The first-order chi connectivity index (χ1) is 14.3. The number of benzene rings is 3. The molecule has 0 aliphatic rings. The van der Waals surface area contributed by atoms with Gasteiger partial charge in [-0.2, -0.15) is 0 Å². The molecular weight excluding hydrogens is 370 g/mol. The van der Waals surface area contributed by atoms with Gasteiger partial charge in [-0.05, 0) is 36.4 Å². The fourth-order valence-electron chi connectivity index (χ4n) is 2.78. The zero-order valence-corrected chi connectivity index (χ0v) is 15.6. The van der Waals surface area contributed by atoms with E-state index in [2.05, 4.69) is 4.98 Å². The lowest BCUT2D eigenvalue weighted by molar-refractivity contribution is 0.0435. The number of nitrogens with zero attached hydrogens (tertiary/aromatic N) is 1. The predicted molar refractivity (Wildman–Crippen MR) is 107 cm³/mol. The third-order valence-corrected chi connectivity index (χ3v) is 4.12. The molecule has 0 saturated carbocycles. The second kappa shape index (κ2) is 8.93. The van der Waals surface area contributed by atoms with E-state index in [-0.39, 0.29) is 6.61 Å². The molecule has 4 aromatic rings. The summed E-state index contributed by atoms with van der Waals surface area (Å²) in [6, 6.07) is 23.8. The van der Waals surface area contributed by atoms with Crippen LogP contribution >= 0.6 is 0 Å². The highest BCUT2D eigenvalue weighted by Crippen LogP contribution is 2.21. The van der Waals surface area contributed by atoms with Crippen LogP contribution in [0.25, 0.3) is 11.1 Å². The molecule has 0 aliphatic carbocycles. The molecule has 29 heavy (non-hydrogen) atoms. The Morgan fingerprint density at radius 1 is 0.828 bits per heavy atom. The van der Waals surface area contributed by atoms with Crippen LogP contribution < -0.4 is 9.47 Å². The smallest absolute Gasteiger partial charge is 0.342 e. The van der Waals surface area contributed by atoms with E-state index in [0.29, 0.717) is 36.0 Å². The maximum atomic E-state index is 12.5. The van der Waals surface area contributed by atoms with E-state index in [9.17, 15) is 4.79 Å². The van der Waals surface area contributed by atoms with Crippen molar-refractivity contribution in [2.45, 2.75) is 6.61 Å². The first kappa shape index (κ1) is 18.6. The van der Waals surface area contributed by atoms with Gasteiger partial charge < -0.3 is 18.6 Å². The van der Waals surface area contributed by atoms with Crippen LogP contribution in [0.15, 0.2) is 83.3 Å². The Labute approximate surface area is 167 Å². The topological polar surface area (TPSA) is 70.8 Å². The molecule has 4 rings (SSSR count). The van der Waals surface area contributed by atoms with Crippen LogP contribution in [0, 0.1) is 0 Å². The van der Waals surface area contributed by atoms with E-state index in [0.717, 1.165) is 11.3 Å². The first-order valence-corrected chi connectivity index (χ1v) is 9.21. The van der Waals surface area contributed by atoms with Crippen molar-refractivity contribution in [3.8, 4) is 11.5 Å². The number of rotatable bonds is 8. The Kier molecular flexibility index (Phi) is 5.71. The number of fused-ring (bicyclic) bond motifs is 1. The summed E-state index contributed by atoms with van der Waals surface area (Å²) in [5, 5.41) is 0. The largest absolute Gasteiger partial charge is 0.490 e. The lowest BCUT2D eigenvalue weighted by atomic mass is 10.2. The van der Waals surface area contributed by atoms with Gasteiger partial charge in [0, 0.05) is 0 Å². The minimum absolute atomic E-state index is 0.0566. The number of ether oxygens (including phenoxy) is 3. The SMILES string of the molecule is O=C(OCc1nc2ccccc2o1)c1ccccc1OCCOc1ccccc1. The Balaban J connectivity index is 1.33. The van der Waals surface area contributed by atoms with E-state index in [1.807, 2.05) is 54.6 Å². The predicted octanol–water partition coefficient (Wildman–Crippen LogP) is 4.64. The van der Waals surface area contributed by atoms with Crippen molar-refractivity contribution >= 4 is 17.1 Å². The van der Waals surface area contributed by atoms with Crippen LogP contribution in [0.1, 0.15) is 16.2 Å². The van der Waals surface area contributed by atoms with Crippen molar-refractivity contribution in [3.05, 3.63) is 90.3 Å². The molecule has 0 fully saturated rings. The maximum absolute atomic E-state index is 12.5. The van der Waals surface area contributed by atoms with Crippen molar-refractivity contribution in [2.75, 3.05) is 13.2 Å². The van der Waals surface area contributed by atoms with Gasteiger partial charge in [0.2, 0.25) is 5.89 Å². The fraction of sp³-hybridized carbons (Fsp3) is 0.130. The number of para-hydroxylation sites is 4. The summed E-state index contributed by atoms with van der Waals surface area (Å²) in [7, 11) is 0. The Hall–Kier alpha value is -3.80. The molecule has 0 spiro atoms. The molecule has 0 unspecified atom stereocenters. The van der Waals surface area contributed by atoms with Gasteiger partial charge in [-0.15, -0.1) is 0 Å². The summed E-state index contributed by atoms with van der Waals surface area (Å²) in [6.07, 6.45) is 0. The number of carbonyl (C=O) groups is 1. The van der Waals surface area contributed by atoms with E-state index in [1.165, 1.54) is 0 Å². The second-order valence-electron chi connectivity index (χ2n) is 6.16. The molecule has 0 bridgehead atoms. The Morgan fingerprint density at radius 2 is 1.55 bits per heavy atom. The number of esters is 1. The van der Waals surface area contributed by atoms with Gasteiger partial charge in [-0.25, -0.2) is 9.78 Å². The van der Waals surface area contributed by atoms with E-state index in [4.69, 9.17) is 18.6 Å². The monoisotopic (exact) mass is 389 g/mol. The van der Waals surface area contributed by atoms with Crippen LogP contribution in [0.2, 0.25) is 0 Å². The van der Waals surface area contributed by atoms with Crippen LogP contribution in [-0.2, 0) is 11.3 Å². The summed E-state index contributed by atoms with van der Waals surface area (Å²) in [6.45, 7) is 0.597. The van der Waals surface area contributed by atoms with Gasteiger partial charge in [0.25, 0.3) is 0 Å². The van der Waals surface area contributed by atoms with Crippen LogP contribution in [0.3, 0.4) is 0 Å². The highest BCUT2D eigenvalue weighted by Gasteiger charge is 2.15. The van der Waals surface area contributed by atoms with Crippen molar-refractivity contribution in [1.82, 2.24) is 4.98 Å². The first-order valence-electron chi connectivity index (χ1n) is 9.21. The molecule has 146 valence electrons. The molecule has 1 heterocycles. The molecule has 0 amide bonds. The molecule has 1 aromatic heterocycles. The van der Waals surface area contributed by atoms with Gasteiger partial charge in [-0.3, -0.25) is 0 Å². The molecule has 6 nitrogen and oxygen atoms in total. The van der Waals surface area contributed by atoms with Gasteiger partial charge in [0.1, 0.15) is 35.8 Å². The van der Waals surface area contributed by atoms with E-state index < -0.39 is 5.97 Å². The van der Waals surface area contributed by atoms with Gasteiger partial charge >= 0.3 is 5.97 Å². The highest BCUT2D eigenvalue weighted by molar-refractivity contribution is 5.92. The average Bonchev–Trinajstić information content (AvgIpc) is 3.19. The quantitative estimate of drug-likeness (QED) is 0.323. The second-order valence-corrected chi connectivity index (χ2v) is 6.16. The lowest BCUT2D eigenvalue weighted by Crippen LogP contribution is -2.12. The van der Waals surface area contributed by atoms with Gasteiger partial charge in [-0.1, -0.05) is 42.5 Å². The summed E-state index contributed by atoms with van der Waals surface area (Å²) in [5.41, 5.74) is 1.71. The summed E-state index contributed by atoms with van der Waals surface area (Å²) in [5.74, 6) is 1.04. The molecule has 6 heteroatoms. The molecule has 0 atom stereocenters. The standard InChI is InChI=1S/C23H19NO5/c25-23(28-16-22-24-19-11-5-7-13-21(19)29-22)18-10-4-6-12-20(18)27-15-14-26-17-8-2-1-3-9-17/h1-13H,14-16H2. The normalized spacial score (nSPS) is 10.6. The molecule has 0 N–H and O–H groups in total. The van der Waals surface area contributed by atoms with Crippen LogP contribution in [-0.4, -0.2) is 24.2 Å². The lowest BCUT2D eigenvalue weighted by Gasteiger charge is -2.11. The van der Waals surface area contributed by atoms with Crippen molar-refractivity contribution < 1.29 is 23.4 Å². The summed E-state index contributed by atoms with van der Waals surface area (Å²) < 4.78 is 22.2. The van der Waals surface area contributed by atoms with Crippen LogP contribution in [0.5, 0.6) is 11.5 Å². The zero-order chi connectivity index (χ0) is 19.9. The maximum Gasteiger partial charge on any atom is 0.342 e. The summed E-state index contributed by atoms with van der Waals surface area (Å²) in [4.78, 5) is 16.8. The summed E-state index contributed by atoms with van der Waals surface area (Å²) >= 11 is 0. The molecular formula is C23H19NO5. The number of hydrogen-bond donors (Lipinski definition) is 0. The van der Waals surface area contributed by atoms with Crippen LogP contribution in [0.4, 0.5) is 0 Å². The highest BCUT2D eigenvalue weighted by atomic mass is 16.5. The Morgan fingerprint density at radius 3 is 2.41 bits per heavy atom. The Bertz CT molecular complexity index is 1060. The third-order valence-electron chi connectivity index (χ3n) is 4.12. The van der Waals surface area contributed by atoms with Crippen molar-refractivity contribution in [1.29, 1.82) is 0 Å². The number of carbonyl (C=O) groups excluding carboxylic acids is 1. The molecule has 0 aliphatic heterocycles. The molecule has 0 saturated heterocycles. The molecule has 0 radical (unpaired) electrons. The number of hydrogen-bond acceptors (Lipinski definition) is 6. The van der Waals surface area contributed by atoms with Crippen molar-refractivity contribution in [2.24, 2.45) is 0 Å². The van der Waals surface area contributed by atoms with Crippen molar-refractivity contribution in [3.63, 3.8) is 0 Å². The zero-order valence-electron chi connectivity index (χ0n) is 15.6. The molecule has 3 aromatic carbocycles. The van der Waals surface area contributed by atoms with Gasteiger partial charge in [0.15, 0.2) is 12.2 Å². The number of oxazole rings is 1. The minimum atomic E-state index is -0.508.